The number of carbonyl (C=O) groups excluding carboxylic acids is 2. The van der Waals surface area contributed by atoms with Crippen LogP contribution >= 0.6 is 11.8 Å². The molecule has 2 aromatic carbocycles. The Hall–Kier alpha value is -2.67. The van der Waals surface area contributed by atoms with Gasteiger partial charge in [-0.1, -0.05) is 29.8 Å². The van der Waals surface area contributed by atoms with Crippen molar-refractivity contribution in [3.63, 3.8) is 0 Å². The Morgan fingerprint density at radius 3 is 2.43 bits per heavy atom. The summed E-state index contributed by atoms with van der Waals surface area (Å²) in [6.45, 7) is 4.01. The maximum Gasteiger partial charge on any atom is 0.321 e. The minimum absolute atomic E-state index is 0.0897. The van der Waals surface area contributed by atoms with Crippen LogP contribution in [-0.4, -0.2) is 59.1 Å². The van der Waals surface area contributed by atoms with Gasteiger partial charge in [-0.25, -0.2) is 4.79 Å². The summed E-state index contributed by atoms with van der Waals surface area (Å²) in [6.07, 6.45) is 1.54. The summed E-state index contributed by atoms with van der Waals surface area (Å²) in [6, 6.07) is 15.0. The number of hydrogen-bond acceptors (Lipinski definition) is 4. The molecule has 7 heteroatoms. The van der Waals surface area contributed by atoms with Crippen molar-refractivity contribution in [1.82, 2.24) is 9.80 Å². The van der Waals surface area contributed by atoms with Crippen LogP contribution in [0.2, 0.25) is 0 Å². The number of nitrogens with one attached hydrogen (secondary N) is 1. The zero-order valence-electron chi connectivity index (χ0n) is 17.4. The number of amides is 3. The lowest BCUT2D eigenvalue weighted by atomic mass is 10.0. The van der Waals surface area contributed by atoms with Gasteiger partial charge in [-0.2, -0.15) is 0 Å². The molecule has 0 saturated carbocycles. The van der Waals surface area contributed by atoms with E-state index in [0.717, 1.165) is 36.3 Å². The molecule has 3 amide bonds. The summed E-state index contributed by atoms with van der Waals surface area (Å²) in [7, 11) is 1.59. The Morgan fingerprint density at radius 1 is 1.03 bits per heavy atom. The number of likely N-dealkylation sites (tertiary alicyclic amines) is 1. The van der Waals surface area contributed by atoms with E-state index in [9.17, 15) is 9.59 Å². The van der Waals surface area contributed by atoms with E-state index in [4.69, 9.17) is 4.74 Å². The van der Waals surface area contributed by atoms with Gasteiger partial charge in [-0.05, 0) is 44.0 Å². The van der Waals surface area contributed by atoms with Crippen molar-refractivity contribution in [2.75, 3.05) is 37.8 Å². The number of piperidine rings is 1. The molecular weight excluding hydrogens is 398 g/mol. The first kappa shape index (κ1) is 20.6. The molecule has 2 aromatic rings. The van der Waals surface area contributed by atoms with Gasteiger partial charge in [-0.3, -0.25) is 4.79 Å². The van der Waals surface area contributed by atoms with Crippen LogP contribution in [0.15, 0.2) is 48.5 Å². The average molecular weight is 426 g/mol. The molecule has 0 radical (unpaired) electrons. The van der Waals surface area contributed by atoms with Crippen molar-refractivity contribution in [2.24, 2.45) is 0 Å². The van der Waals surface area contributed by atoms with Gasteiger partial charge in [0.25, 0.3) is 5.91 Å². The average Bonchev–Trinajstić information content (AvgIpc) is 3.17. The van der Waals surface area contributed by atoms with Gasteiger partial charge < -0.3 is 19.9 Å². The monoisotopic (exact) mass is 425 g/mol. The molecule has 0 aliphatic carbocycles. The van der Waals surface area contributed by atoms with Gasteiger partial charge in [0.05, 0.1) is 17.7 Å². The molecule has 2 heterocycles. The largest absolute Gasteiger partial charge is 0.495 e. The van der Waals surface area contributed by atoms with Crippen molar-refractivity contribution in [2.45, 2.75) is 24.6 Å². The molecule has 2 saturated heterocycles. The summed E-state index contributed by atoms with van der Waals surface area (Å²) in [4.78, 5) is 29.6. The molecule has 6 nitrogen and oxygen atoms in total. The molecule has 2 aliphatic heterocycles. The van der Waals surface area contributed by atoms with Crippen LogP contribution in [0.5, 0.6) is 5.75 Å². The Labute approximate surface area is 181 Å². The van der Waals surface area contributed by atoms with Crippen LogP contribution in [0.1, 0.15) is 28.8 Å². The minimum Gasteiger partial charge on any atom is -0.495 e. The van der Waals surface area contributed by atoms with Crippen LogP contribution in [0.4, 0.5) is 10.5 Å². The molecule has 2 fully saturated rings. The van der Waals surface area contributed by atoms with Gasteiger partial charge in [0.15, 0.2) is 0 Å². The van der Waals surface area contributed by atoms with E-state index in [-0.39, 0.29) is 16.8 Å². The Balaban J connectivity index is 1.41. The minimum atomic E-state index is -0.219. The highest BCUT2D eigenvalue weighted by atomic mass is 32.2. The predicted octanol–water partition coefficient (Wildman–Crippen LogP) is 4.22. The molecule has 0 unspecified atom stereocenters. The third-order valence-corrected chi connectivity index (χ3v) is 7.45. The van der Waals surface area contributed by atoms with Crippen LogP contribution < -0.4 is 10.1 Å². The van der Waals surface area contributed by atoms with E-state index in [0.29, 0.717) is 24.5 Å². The van der Waals surface area contributed by atoms with E-state index >= 15 is 0 Å². The smallest absolute Gasteiger partial charge is 0.321 e. The van der Waals surface area contributed by atoms with Crippen molar-refractivity contribution < 1.29 is 14.3 Å². The lowest BCUT2D eigenvalue weighted by Gasteiger charge is -2.44. The maximum absolute atomic E-state index is 13.2. The molecule has 1 spiro atoms. The van der Waals surface area contributed by atoms with E-state index in [1.165, 1.54) is 0 Å². The number of ether oxygens (including phenoxy) is 1. The van der Waals surface area contributed by atoms with Crippen molar-refractivity contribution in [3.8, 4) is 5.75 Å². The SMILES string of the molecule is COc1ccccc1NC(=O)N1CCC2(CC1)SCCN2C(=O)c1ccc(C)cc1. The fourth-order valence-electron chi connectivity index (χ4n) is 4.16. The van der Waals surface area contributed by atoms with E-state index in [2.05, 4.69) is 5.32 Å². The van der Waals surface area contributed by atoms with E-state index in [1.807, 2.05) is 77.0 Å². The highest BCUT2D eigenvalue weighted by Gasteiger charge is 2.47. The van der Waals surface area contributed by atoms with Crippen LogP contribution in [0, 0.1) is 6.92 Å². The highest BCUT2D eigenvalue weighted by molar-refractivity contribution is 8.00. The number of anilines is 1. The molecule has 0 atom stereocenters. The zero-order valence-corrected chi connectivity index (χ0v) is 18.2. The van der Waals surface area contributed by atoms with Crippen molar-refractivity contribution in [1.29, 1.82) is 0 Å². The Morgan fingerprint density at radius 2 is 1.73 bits per heavy atom. The lowest BCUT2D eigenvalue weighted by molar-refractivity contribution is 0.0585. The first-order chi connectivity index (χ1) is 14.5. The van der Waals surface area contributed by atoms with E-state index < -0.39 is 0 Å². The summed E-state index contributed by atoms with van der Waals surface area (Å²) >= 11 is 1.85. The molecule has 30 heavy (non-hydrogen) atoms. The fraction of sp³-hybridized carbons (Fsp3) is 0.391. The molecule has 0 aromatic heterocycles. The van der Waals surface area contributed by atoms with Crippen LogP contribution in [0.3, 0.4) is 0 Å². The first-order valence-corrected chi connectivity index (χ1v) is 11.2. The first-order valence-electron chi connectivity index (χ1n) is 10.2. The second kappa shape index (κ2) is 8.60. The van der Waals surface area contributed by atoms with Crippen molar-refractivity contribution >= 4 is 29.4 Å². The van der Waals surface area contributed by atoms with Gasteiger partial charge in [0.2, 0.25) is 0 Å². The number of thioether (sulfide) groups is 1. The Kier molecular flexibility index (Phi) is 5.90. The molecule has 2 aliphatic rings. The number of benzene rings is 2. The molecule has 4 rings (SSSR count). The second-order valence-electron chi connectivity index (χ2n) is 7.73. The molecule has 1 N–H and O–H groups in total. The highest BCUT2D eigenvalue weighted by Crippen LogP contribution is 2.44. The van der Waals surface area contributed by atoms with Crippen LogP contribution in [-0.2, 0) is 0 Å². The number of hydrogen-bond donors (Lipinski definition) is 1. The van der Waals surface area contributed by atoms with E-state index in [1.54, 1.807) is 7.11 Å². The van der Waals surface area contributed by atoms with Crippen molar-refractivity contribution in [3.05, 3.63) is 59.7 Å². The number of carbonyl (C=O) groups is 2. The lowest BCUT2D eigenvalue weighted by Crippen LogP contribution is -2.54. The Bertz CT molecular complexity index is 924. The molecular formula is C23H27N3O3S. The topological polar surface area (TPSA) is 61.9 Å². The number of nitrogens with zero attached hydrogens (tertiary/aromatic N) is 2. The number of aryl methyl sites for hydroxylation is 1. The summed E-state index contributed by atoms with van der Waals surface area (Å²) in [5, 5.41) is 2.95. The number of urea groups is 1. The third kappa shape index (κ3) is 3.99. The van der Waals surface area contributed by atoms with Gasteiger partial charge in [0.1, 0.15) is 5.75 Å². The van der Waals surface area contributed by atoms with Gasteiger partial charge in [-0.15, -0.1) is 11.8 Å². The summed E-state index contributed by atoms with van der Waals surface area (Å²) in [5.74, 6) is 1.66. The van der Waals surface area contributed by atoms with Gasteiger partial charge >= 0.3 is 6.03 Å². The number of methoxy groups -OCH3 is 1. The summed E-state index contributed by atoms with van der Waals surface area (Å²) < 4.78 is 5.32. The zero-order chi connectivity index (χ0) is 21.1. The molecule has 158 valence electrons. The second-order valence-corrected chi connectivity index (χ2v) is 9.19. The number of rotatable bonds is 3. The fourth-order valence-corrected chi connectivity index (χ4v) is 5.62. The van der Waals surface area contributed by atoms with Crippen LogP contribution in [0.25, 0.3) is 0 Å². The predicted molar refractivity (Wildman–Crippen MR) is 120 cm³/mol. The third-order valence-electron chi connectivity index (χ3n) is 5.90. The number of para-hydroxylation sites is 2. The standard InChI is InChI=1S/C23H27N3O3S/c1-17-7-9-18(10-8-17)21(27)26-15-16-30-23(26)11-13-25(14-12-23)22(28)24-19-5-3-4-6-20(19)29-2/h3-10H,11-16H2,1-2H3,(H,24,28). The quantitative estimate of drug-likeness (QED) is 0.800. The normalized spacial score (nSPS) is 17.8. The maximum atomic E-state index is 13.2. The summed E-state index contributed by atoms with van der Waals surface area (Å²) in [5.41, 5.74) is 2.54. The van der Waals surface area contributed by atoms with Gasteiger partial charge in [0, 0.05) is 31.0 Å². The molecule has 0 bridgehead atoms.